The fourth-order valence-electron chi connectivity index (χ4n) is 3.44. The second kappa shape index (κ2) is 7.70. The zero-order valence-electron chi connectivity index (χ0n) is 14.6. The fraction of sp³-hybridized carbons (Fsp3) is 0.300. The van der Waals surface area contributed by atoms with Gasteiger partial charge in [0, 0.05) is 24.2 Å². The van der Waals surface area contributed by atoms with E-state index < -0.39 is 11.6 Å². The molecular formula is C20H19F2N3OS. The largest absolute Gasteiger partial charge is 0.325 e. The number of amides is 1. The number of nitrogens with zero attached hydrogens (tertiary/aromatic N) is 2. The summed E-state index contributed by atoms with van der Waals surface area (Å²) >= 11 is 1.71. The number of aromatic nitrogens is 1. The van der Waals surface area contributed by atoms with Crippen molar-refractivity contribution >= 4 is 33.1 Å². The normalized spacial score (nSPS) is 17.9. The summed E-state index contributed by atoms with van der Waals surface area (Å²) in [4.78, 5) is 19.1. The Morgan fingerprint density at radius 2 is 2.07 bits per heavy atom. The van der Waals surface area contributed by atoms with E-state index >= 15 is 0 Å². The fourth-order valence-corrected chi connectivity index (χ4v) is 4.54. The van der Waals surface area contributed by atoms with E-state index in [1.54, 1.807) is 11.3 Å². The predicted octanol–water partition coefficient (Wildman–Crippen LogP) is 4.39. The molecule has 1 N–H and O–H groups in total. The zero-order valence-corrected chi connectivity index (χ0v) is 15.4. The number of thiazole rings is 1. The molecule has 4 nitrogen and oxygen atoms in total. The molecule has 0 aliphatic carbocycles. The molecular weight excluding hydrogens is 368 g/mol. The Kier molecular flexibility index (Phi) is 5.13. The lowest BCUT2D eigenvalue weighted by Crippen LogP contribution is -2.39. The van der Waals surface area contributed by atoms with Gasteiger partial charge in [0.05, 0.1) is 21.8 Å². The summed E-state index contributed by atoms with van der Waals surface area (Å²) in [7, 11) is 0. The minimum absolute atomic E-state index is 0.223. The number of anilines is 1. The average molecular weight is 387 g/mol. The second-order valence-electron chi connectivity index (χ2n) is 6.77. The SMILES string of the molecule is O=C(CN1CCC[C@H](c2nc3ccccc3s2)C1)Nc1ccc(F)c(F)c1. The number of para-hydroxylation sites is 1. The van der Waals surface area contributed by atoms with Crippen molar-refractivity contribution in [3.05, 3.63) is 59.1 Å². The average Bonchev–Trinajstić information content (AvgIpc) is 3.09. The monoisotopic (exact) mass is 387 g/mol. The van der Waals surface area contributed by atoms with Gasteiger partial charge in [0.1, 0.15) is 0 Å². The summed E-state index contributed by atoms with van der Waals surface area (Å²) in [5.41, 5.74) is 1.28. The Labute approximate surface area is 159 Å². The van der Waals surface area contributed by atoms with E-state index in [9.17, 15) is 13.6 Å². The highest BCUT2D eigenvalue weighted by molar-refractivity contribution is 7.18. The van der Waals surface area contributed by atoms with E-state index in [0.29, 0.717) is 5.92 Å². The van der Waals surface area contributed by atoms with Crippen molar-refractivity contribution in [2.45, 2.75) is 18.8 Å². The molecule has 0 unspecified atom stereocenters. The highest BCUT2D eigenvalue weighted by Gasteiger charge is 2.25. The number of likely N-dealkylation sites (tertiary alicyclic amines) is 1. The smallest absolute Gasteiger partial charge is 0.238 e. The first-order chi connectivity index (χ1) is 13.1. The van der Waals surface area contributed by atoms with Gasteiger partial charge >= 0.3 is 0 Å². The number of hydrogen-bond acceptors (Lipinski definition) is 4. The Bertz CT molecular complexity index is 942. The lowest BCUT2D eigenvalue weighted by atomic mass is 9.99. The van der Waals surface area contributed by atoms with E-state index in [-0.39, 0.29) is 18.1 Å². The van der Waals surface area contributed by atoms with Gasteiger partial charge in [-0.25, -0.2) is 13.8 Å². The van der Waals surface area contributed by atoms with Crippen molar-refractivity contribution in [1.29, 1.82) is 0 Å². The third-order valence-electron chi connectivity index (χ3n) is 4.74. The molecule has 0 spiro atoms. The molecule has 7 heteroatoms. The molecule has 1 fully saturated rings. The molecule has 1 aliphatic rings. The minimum Gasteiger partial charge on any atom is -0.325 e. The molecule has 1 amide bonds. The maximum atomic E-state index is 13.3. The number of piperidine rings is 1. The van der Waals surface area contributed by atoms with Crippen LogP contribution in [0.3, 0.4) is 0 Å². The maximum Gasteiger partial charge on any atom is 0.238 e. The predicted molar refractivity (Wildman–Crippen MR) is 103 cm³/mol. The maximum absolute atomic E-state index is 13.3. The first-order valence-electron chi connectivity index (χ1n) is 8.91. The third-order valence-corrected chi connectivity index (χ3v) is 5.93. The van der Waals surface area contributed by atoms with E-state index in [4.69, 9.17) is 4.98 Å². The van der Waals surface area contributed by atoms with Crippen molar-refractivity contribution in [1.82, 2.24) is 9.88 Å². The van der Waals surface area contributed by atoms with Gasteiger partial charge in [-0.15, -0.1) is 11.3 Å². The van der Waals surface area contributed by atoms with E-state index in [1.807, 2.05) is 18.2 Å². The van der Waals surface area contributed by atoms with E-state index in [2.05, 4.69) is 16.3 Å². The molecule has 0 radical (unpaired) electrons. The van der Waals surface area contributed by atoms with Gasteiger partial charge < -0.3 is 5.32 Å². The molecule has 4 rings (SSSR count). The summed E-state index contributed by atoms with van der Waals surface area (Å²) in [6.07, 6.45) is 2.06. The van der Waals surface area contributed by atoms with Crippen LogP contribution in [0.1, 0.15) is 23.8 Å². The first kappa shape index (κ1) is 18.0. The van der Waals surface area contributed by atoms with Gasteiger partial charge in [0.15, 0.2) is 11.6 Å². The highest BCUT2D eigenvalue weighted by atomic mass is 32.1. The van der Waals surface area contributed by atoms with Gasteiger partial charge in [-0.2, -0.15) is 0 Å². The van der Waals surface area contributed by atoms with Crippen LogP contribution in [-0.4, -0.2) is 35.4 Å². The van der Waals surface area contributed by atoms with Crippen molar-refractivity contribution in [3.63, 3.8) is 0 Å². The summed E-state index contributed by atoms with van der Waals surface area (Å²) in [6, 6.07) is 11.5. The molecule has 140 valence electrons. The number of hydrogen-bond donors (Lipinski definition) is 1. The number of fused-ring (bicyclic) bond motifs is 1. The van der Waals surface area contributed by atoms with Crippen LogP contribution in [0.2, 0.25) is 0 Å². The molecule has 0 bridgehead atoms. The Balaban J connectivity index is 1.39. The Morgan fingerprint density at radius 3 is 2.89 bits per heavy atom. The zero-order chi connectivity index (χ0) is 18.8. The van der Waals surface area contributed by atoms with Gasteiger partial charge in [-0.1, -0.05) is 12.1 Å². The minimum atomic E-state index is -0.971. The molecule has 27 heavy (non-hydrogen) atoms. The lowest BCUT2D eigenvalue weighted by molar-refractivity contribution is -0.117. The number of nitrogens with one attached hydrogen (secondary N) is 1. The van der Waals surface area contributed by atoms with Crippen LogP contribution >= 0.6 is 11.3 Å². The van der Waals surface area contributed by atoms with Gasteiger partial charge in [0.25, 0.3) is 0 Å². The van der Waals surface area contributed by atoms with Crippen LogP contribution in [-0.2, 0) is 4.79 Å². The van der Waals surface area contributed by atoms with Crippen molar-refractivity contribution in [3.8, 4) is 0 Å². The Hall–Kier alpha value is -2.38. The second-order valence-corrected chi connectivity index (χ2v) is 7.83. The first-order valence-corrected chi connectivity index (χ1v) is 9.73. The number of rotatable bonds is 4. The van der Waals surface area contributed by atoms with E-state index in [1.165, 1.54) is 10.8 Å². The number of carbonyl (C=O) groups excluding carboxylic acids is 1. The van der Waals surface area contributed by atoms with E-state index in [0.717, 1.165) is 48.6 Å². The molecule has 1 aliphatic heterocycles. The summed E-state index contributed by atoms with van der Waals surface area (Å²) in [6.45, 7) is 1.83. The van der Waals surface area contributed by atoms with Crippen molar-refractivity contribution in [2.24, 2.45) is 0 Å². The molecule has 1 atom stereocenters. The number of benzene rings is 2. The van der Waals surface area contributed by atoms with Crippen LogP contribution in [0.5, 0.6) is 0 Å². The van der Waals surface area contributed by atoms with Crippen molar-refractivity contribution in [2.75, 3.05) is 25.0 Å². The molecule has 0 saturated carbocycles. The van der Waals surface area contributed by atoms with Gasteiger partial charge in [-0.05, 0) is 43.7 Å². The summed E-state index contributed by atoms with van der Waals surface area (Å²) < 4.78 is 27.4. The molecule has 3 aromatic rings. The third kappa shape index (κ3) is 4.14. The topological polar surface area (TPSA) is 45.2 Å². The quantitative estimate of drug-likeness (QED) is 0.722. The van der Waals surface area contributed by atoms with Gasteiger partial charge in [-0.3, -0.25) is 9.69 Å². The van der Waals surface area contributed by atoms with Crippen molar-refractivity contribution < 1.29 is 13.6 Å². The van der Waals surface area contributed by atoms with Crippen LogP contribution in [0, 0.1) is 11.6 Å². The summed E-state index contributed by atoms with van der Waals surface area (Å²) in [5, 5.41) is 3.75. The highest BCUT2D eigenvalue weighted by Crippen LogP contribution is 2.32. The van der Waals surface area contributed by atoms with Crippen LogP contribution in [0.25, 0.3) is 10.2 Å². The standard InChI is InChI=1S/C20H19F2N3OS/c21-15-8-7-14(10-16(15)22)23-19(26)12-25-9-3-4-13(11-25)20-24-17-5-1-2-6-18(17)27-20/h1-2,5-8,10,13H,3-4,9,11-12H2,(H,23,26)/t13-/m0/s1. The molecule has 1 aromatic heterocycles. The van der Waals surface area contributed by atoms with Gasteiger partial charge in [0.2, 0.25) is 5.91 Å². The molecule has 1 saturated heterocycles. The Morgan fingerprint density at radius 1 is 1.22 bits per heavy atom. The lowest BCUT2D eigenvalue weighted by Gasteiger charge is -2.31. The molecule has 2 aromatic carbocycles. The molecule has 2 heterocycles. The number of halogens is 2. The van der Waals surface area contributed by atoms with Crippen LogP contribution < -0.4 is 5.32 Å². The number of carbonyl (C=O) groups is 1. The van der Waals surface area contributed by atoms with Crippen LogP contribution in [0.4, 0.5) is 14.5 Å². The summed E-state index contributed by atoms with van der Waals surface area (Å²) in [5.74, 6) is -1.82. The van der Waals surface area contributed by atoms with Crippen LogP contribution in [0.15, 0.2) is 42.5 Å².